The van der Waals surface area contributed by atoms with Crippen LogP contribution < -0.4 is 5.32 Å². The highest BCUT2D eigenvalue weighted by molar-refractivity contribution is 6.30. The van der Waals surface area contributed by atoms with Crippen LogP contribution in [0.3, 0.4) is 0 Å². The molecule has 20 heavy (non-hydrogen) atoms. The fraction of sp³-hybridized carbons (Fsp3) is 0.467. The molecule has 1 aliphatic carbocycles. The number of esters is 1. The van der Waals surface area contributed by atoms with E-state index >= 15 is 0 Å². The minimum absolute atomic E-state index is 0.0450. The van der Waals surface area contributed by atoms with Crippen molar-refractivity contribution in [1.29, 1.82) is 0 Å². The van der Waals surface area contributed by atoms with Crippen LogP contribution in [0.15, 0.2) is 24.3 Å². The summed E-state index contributed by atoms with van der Waals surface area (Å²) >= 11 is 5.84. The minimum Gasteiger partial charge on any atom is -0.452 e. The number of amides is 1. The van der Waals surface area contributed by atoms with Crippen molar-refractivity contribution in [3.63, 3.8) is 0 Å². The van der Waals surface area contributed by atoms with Crippen LogP contribution in [-0.2, 0) is 14.3 Å². The summed E-state index contributed by atoms with van der Waals surface area (Å²) in [4.78, 5) is 23.8. The second-order valence-electron chi connectivity index (χ2n) is 5.06. The number of halogens is 1. The fourth-order valence-electron chi connectivity index (χ4n) is 2.30. The minimum atomic E-state index is -0.804. The van der Waals surface area contributed by atoms with Crippen molar-refractivity contribution >= 4 is 29.2 Å². The van der Waals surface area contributed by atoms with Crippen molar-refractivity contribution in [2.24, 2.45) is 5.92 Å². The lowest BCUT2D eigenvalue weighted by Gasteiger charge is -2.16. The number of rotatable bonds is 4. The van der Waals surface area contributed by atoms with Gasteiger partial charge in [0.05, 0.1) is 5.92 Å². The predicted octanol–water partition coefficient (Wildman–Crippen LogP) is 3.40. The van der Waals surface area contributed by atoms with Crippen LogP contribution in [0.4, 0.5) is 5.69 Å². The maximum atomic E-state index is 11.9. The summed E-state index contributed by atoms with van der Waals surface area (Å²) in [7, 11) is 0. The van der Waals surface area contributed by atoms with Gasteiger partial charge in [-0.15, -0.1) is 0 Å². The van der Waals surface area contributed by atoms with Gasteiger partial charge in [-0.3, -0.25) is 9.59 Å². The quantitative estimate of drug-likeness (QED) is 0.866. The van der Waals surface area contributed by atoms with E-state index < -0.39 is 6.10 Å². The van der Waals surface area contributed by atoms with E-state index in [1.165, 1.54) is 0 Å². The van der Waals surface area contributed by atoms with Gasteiger partial charge in [0.1, 0.15) is 0 Å². The highest BCUT2D eigenvalue weighted by Crippen LogP contribution is 2.26. The summed E-state index contributed by atoms with van der Waals surface area (Å²) < 4.78 is 5.21. The van der Waals surface area contributed by atoms with Gasteiger partial charge in [-0.2, -0.15) is 0 Å². The lowest BCUT2D eigenvalue weighted by molar-refractivity contribution is -0.157. The van der Waals surface area contributed by atoms with Crippen molar-refractivity contribution in [2.45, 2.75) is 38.7 Å². The first-order valence-electron chi connectivity index (χ1n) is 6.83. The average Bonchev–Trinajstić information content (AvgIpc) is 2.92. The van der Waals surface area contributed by atoms with Gasteiger partial charge >= 0.3 is 5.97 Å². The first kappa shape index (κ1) is 14.9. The van der Waals surface area contributed by atoms with Gasteiger partial charge in [0.15, 0.2) is 6.10 Å². The number of hydrogen-bond acceptors (Lipinski definition) is 3. The standard InChI is InChI=1S/C15H18ClNO3/c1-10(20-15(19)11-5-2-3-6-11)14(18)17-13-8-4-7-12(16)9-13/h4,7-11H,2-3,5-6H2,1H3,(H,17,18)/t10-/m1/s1. The van der Waals surface area contributed by atoms with Gasteiger partial charge in [-0.25, -0.2) is 0 Å². The third-order valence-electron chi connectivity index (χ3n) is 3.44. The Morgan fingerprint density at radius 2 is 2.05 bits per heavy atom. The molecule has 2 rings (SSSR count). The molecule has 0 spiro atoms. The van der Waals surface area contributed by atoms with E-state index in [2.05, 4.69) is 5.32 Å². The zero-order valence-electron chi connectivity index (χ0n) is 11.4. The fourth-order valence-corrected chi connectivity index (χ4v) is 2.49. The van der Waals surface area contributed by atoms with Gasteiger partial charge in [0.25, 0.3) is 5.91 Å². The van der Waals surface area contributed by atoms with Crippen molar-refractivity contribution in [3.8, 4) is 0 Å². The molecule has 5 heteroatoms. The Bertz CT molecular complexity index is 498. The van der Waals surface area contributed by atoms with Crippen LogP contribution in [0, 0.1) is 5.92 Å². The van der Waals surface area contributed by atoms with Crippen LogP contribution >= 0.6 is 11.6 Å². The molecule has 1 aromatic rings. The third-order valence-corrected chi connectivity index (χ3v) is 3.68. The van der Waals surface area contributed by atoms with Gasteiger partial charge in [0.2, 0.25) is 0 Å². The molecule has 4 nitrogen and oxygen atoms in total. The Balaban J connectivity index is 1.86. The lowest BCUT2D eigenvalue weighted by atomic mass is 10.1. The van der Waals surface area contributed by atoms with Crippen LogP contribution in [0.2, 0.25) is 5.02 Å². The summed E-state index contributed by atoms with van der Waals surface area (Å²) in [6.45, 7) is 1.58. The maximum Gasteiger partial charge on any atom is 0.309 e. The van der Waals surface area contributed by atoms with Gasteiger partial charge in [0, 0.05) is 10.7 Å². The van der Waals surface area contributed by atoms with E-state index in [-0.39, 0.29) is 17.8 Å². The summed E-state index contributed by atoms with van der Waals surface area (Å²) in [5, 5.41) is 3.22. The molecule has 0 unspecified atom stereocenters. The molecular weight excluding hydrogens is 278 g/mol. The number of hydrogen-bond donors (Lipinski definition) is 1. The van der Waals surface area contributed by atoms with E-state index in [1.54, 1.807) is 31.2 Å². The van der Waals surface area contributed by atoms with Crippen molar-refractivity contribution in [2.75, 3.05) is 5.32 Å². The van der Waals surface area contributed by atoms with Crippen LogP contribution in [0.5, 0.6) is 0 Å². The summed E-state index contributed by atoms with van der Waals surface area (Å²) in [6, 6.07) is 6.84. The molecule has 108 valence electrons. The number of benzene rings is 1. The van der Waals surface area contributed by atoms with E-state index in [0.29, 0.717) is 10.7 Å². The smallest absolute Gasteiger partial charge is 0.309 e. The zero-order valence-corrected chi connectivity index (χ0v) is 12.2. The number of carbonyl (C=O) groups is 2. The van der Waals surface area contributed by atoms with E-state index in [0.717, 1.165) is 25.7 Å². The summed E-state index contributed by atoms with van der Waals surface area (Å²) in [5.74, 6) is -0.661. The molecule has 0 bridgehead atoms. The molecule has 1 aromatic carbocycles. The molecule has 1 fully saturated rings. The topological polar surface area (TPSA) is 55.4 Å². The molecule has 1 N–H and O–H groups in total. The Morgan fingerprint density at radius 3 is 2.70 bits per heavy atom. The van der Waals surface area contributed by atoms with Gasteiger partial charge < -0.3 is 10.1 Å². The SMILES string of the molecule is C[C@@H](OC(=O)C1CCCC1)C(=O)Nc1cccc(Cl)c1. The van der Waals surface area contributed by atoms with Crippen molar-refractivity contribution in [3.05, 3.63) is 29.3 Å². The van der Waals surface area contributed by atoms with E-state index in [1.807, 2.05) is 0 Å². The molecule has 1 saturated carbocycles. The molecule has 0 saturated heterocycles. The summed E-state index contributed by atoms with van der Waals surface area (Å²) in [5.41, 5.74) is 0.589. The molecule has 0 aliphatic heterocycles. The molecule has 1 atom stereocenters. The average molecular weight is 296 g/mol. The number of anilines is 1. The second kappa shape index (κ2) is 6.75. The van der Waals surface area contributed by atoms with Crippen LogP contribution in [-0.4, -0.2) is 18.0 Å². The largest absolute Gasteiger partial charge is 0.452 e. The van der Waals surface area contributed by atoms with E-state index in [9.17, 15) is 9.59 Å². The van der Waals surface area contributed by atoms with Crippen molar-refractivity contribution in [1.82, 2.24) is 0 Å². The number of ether oxygens (including phenoxy) is 1. The lowest BCUT2D eigenvalue weighted by Crippen LogP contribution is -2.31. The first-order valence-corrected chi connectivity index (χ1v) is 7.21. The highest BCUT2D eigenvalue weighted by atomic mass is 35.5. The first-order chi connectivity index (χ1) is 9.56. The highest BCUT2D eigenvalue weighted by Gasteiger charge is 2.27. The Kier molecular flexibility index (Phi) is 5.01. The van der Waals surface area contributed by atoms with Gasteiger partial charge in [-0.05, 0) is 38.0 Å². The molecule has 1 amide bonds. The van der Waals surface area contributed by atoms with Crippen molar-refractivity contribution < 1.29 is 14.3 Å². The monoisotopic (exact) mass is 295 g/mol. The van der Waals surface area contributed by atoms with Crippen LogP contribution in [0.1, 0.15) is 32.6 Å². The molecule has 0 heterocycles. The van der Waals surface area contributed by atoms with E-state index in [4.69, 9.17) is 16.3 Å². The molecule has 0 radical (unpaired) electrons. The molecular formula is C15H18ClNO3. The normalized spacial score (nSPS) is 16.7. The molecule has 0 aromatic heterocycles. The Hall–Kier alpha value is -1.55. The molecule has 1 aliphatic rings. The number of nitrogens with one attached hydrogen (secondary N) is 1. The van der Waals surface area contributed by atoms with Gasteiger partial charge in [-0.1, -0.05) is 30.5 Å². The second-order valence-corrected chi connectivity index (χ2v) is 5.50. The number of carbonyl (C=O) groups excluding carboxylic acids is 2. The zero-order chi connectivity index (χ0) is 14.5. The Morgan fingerprint density at radius 1 is 1.35 bits per heavy atom. The third kappa shape index (κ3) is 3.97. The maximum absolute atomic E-state index is 11.9. The van der Waals surface area contributed by atoms with Crippen LogP contribution in [0.25, 0.3) is 0 Å². The Labute approximate surface area is 123 Å². The predicted molar refractivity (Wildman–Crippen MR) is 77.6 cm³/mol. The summed E-state index contributed by atoms with van der Waals surface area (Å²) in [6.07, 6.45) is 3.04.